The molecule has 1 aromatic heterocycles. The fourth-order valence-corrected chi connectivity index (χ4v) is 4.42. The first-order chi connectivity index (χ1) is 15.2. The van der Waals surface area contributed by atoms with Crippen LogP contribution in [0.1, 0.15) is 20.8 Å². The molecule has 2 heterocycles. The molecule has 0 saturated carbocycles. The van der Waals surface area contributed by atoms with E-state index < -0.39 is 0 Å². The van der Waals surface area contributed by atoms with Gasteiger partial charge in [-0.05, 0) is 29.8 Å². The van der Waals surface area contributed by atoms with E-state index in [9.17, 15) is 4.79 Å². The third kappa shape index (κ3) is 6.17. The number of nitrogens with one attached hydrogen (secondary N) is 1. The zero-order chi connectivity index (χ0) is 21.5. The lowest BCUT2D eigenvalue weighted by molar-refractivity contribution is 0.0650. The number of rotatable bonds is 7. The predicted octanol–water partition coefficient (Wildman–Crippen LogP) is 4.88. The monoisotopic (exact) mass is 452 g/mol. The predicted molar refractivity (Wildman–Crippen MR) is 129 cm³/mol. The van der Waals surface area contributed by atoms with Gasteiger partial charge in [0.05, 0.1) is 6.54 Å². The molecule has 1 amide bonds. The average Bonchev–Trinajstić information content (AvgIpc) is 3.24. The highest BCUT2D eigenvalue weighted by Gasteiger charge is 2.21. The number of halogens is 1. The Hall–Kier alpha value is -2.67. The maximum atomic E-state index is 12.9. The van der Waals surface area contributed by atoms with Crippen LogP contribution >= 0.6 is 22.9 Å². The third-order valence-corrected chi connectivity index (χ3v) is 6.37. The first-order valence-corrected chi connectivity index (χ1v) is 11.5. The summed E-state index contributed by atoms with van der Waals surface area (Å²) in [6.07, 6.45) is 6.12. The molecule has 1 fully saturated rings. The Balaban J connectivity index is 1.23. The van der Waals surface area contributed by atoms with E-state index in [4.69, 9.17) is 11.6 Å². The molecule has 2 aromatic carbocycles. The van der Waals surface area contributed by atoms with Gasteiger partial charge >= 0.3 is 0 Å². The maximum absolute atomic E-state index is 12.9. The van der Waals surface area contributed by atoms with Crippen LogP contribution in [-0.2, 0) is 6.54 Å². The Kier molecular flexibility index (Phi) is 7.35. The van der Waals surface area contributed by atoms with Crippen LogP contribution in [-0.4, -0.2) is 53.4 Å². The Labute approximate surface area is 192 Å². The number of hydrogen-bond acceptors (Lipinski definition) is 5. The van der Waals surface area contributed by atoms with Gasteiger partial charge in [-0.3, -0.25) is 9.69 Å². The third-order valence-electron chi connectivity index (χ3n) is 5.26. The highest BCUT2D eigenvalue weighted by molar-refractivity contribution is 7.15. The van der Waals surface area contributed by atoms with E-state index in [1.54, 1.807) is 6.20 Å². The van der Waals surface area contributed by atoms with Crippen molar-refractivity contribution in [3.63, 3.8) is 0 Å². The number of anilines is 1. The van der Waals surface area contributed by atoms with Crippen molar-refractivity contribution in [3.05, 3.63) is 87.3 Å². The number of amides is 1. The van der Waals surface area contributed by atoms with Gasteiger partial charge in [0.25, 0.3) is 5.91 Å². The zero-order valence-electron chi connectivity index (χ0n) is 17.2. The highest BCUT2D eigenvalue weighted by atomic mass is 35.5. The molecule has 1 aliphatic heterocycles. The topological polar surface area (TPSA) is 48.5 Å². The first-order valence-electron chi connectivity index (χ1n) is 10.3. The minimum Gasteiger partial charge on any atom is -0.380 e. The first kappa shape index (κ1) is 21.6. The average molecular weight is 453 g/mol. The lowest BCUT2D eigenvalue weighted by atomic mass is 10.1. The molecule has 0 atom stereocenters. The van der Waals surface area contributed by atoms with Gasteiger partial charge in [-0.25, -0.2) is 4.98 Å². The fraction of sp³-hybridized carbons (Fsp3) is 0.250. The van der Waals surface area contributed by atoms with Crippen molar-refractivity contribution < 1.29 is 4.79 Å². The van der Waals surface area contributed by atoms with Crippen LogP contribution in [0.15, 0.2) is 66.9 Å². The zero-order valence-corrected chi connectivity index (χ0v) is 18.8. The Morgan fingerprint density at radius 2 is 1.81 bits per heavy atom. The molecule has 0 bridgehead atoms. The summed E-state index contributed by atoms with van der Waals surface area (Å²) < 4.78 is 0.546. The SMILES string of the molecule is O=C(c1ccc(NCc2cnc(Cl)s2)cc1)N1CCN(CC=Cc2ccccc2)CC1. The van der Waals surface area contributed by atoms with Crippen molar-refractivity contribution in [2.75, 3.05) is 38.0 Å². The number of thiazole rings is 1. The van der Waals surface area contributed by atoms with Gasteiger partial charge in [0, 0.05) is 55.0 Å². The molecular formula is C24H25ClN4OS. The quantitative estimate of drug-likeness (QED) is 0.555. The molecule has 0 radical (unpaired) electrons. The molecule has 1 N–H and O–H groups in total. The van der Waals surface area contributed by atoms with E-state index in [2.05, 4.69) is 39.5 Å². The van der Waals surface area contributed by atoms with Gasteiger partial charge in [-0.2, -0.15) is 0 Å². The van der Waals surface area contributed by atoms with E-state index in [0.29, 0.717) is 11.0 Å². The van der Waals surface area contributed by atoms with Crippen LogP contribution in [0.5, 0.6) is 0 Å². The summed E-state index contributed by atoms with van der Waals surface area (Å²) in [5.74, 6) is 0.0975. The Morgan fingerprint density at radius 3 is 2.48 bits per heavy atom. The normalized spacial score (nSPS) is 14.8. The van der Waals surface area contributed by atoms with Crippen LogP contribution in [0.3, 0.4) is 0 Å². The van der Waals surface area contributed by atoms with Gasteiger partial charge in [0.1, 0.15) is 0 Å². The van der Waals surface area contributed by atoms with Crippen LogP contribution in [0.4, 0.5) is 5.69 Å². The van der Waals surface area contributed by atoms with E-state index >= 15 is 0 Å². The second-order valence-electron chi connectivity index (χ2n) is 7.42. The number of nitrogens with zero attached hydrogens (tertiary/aromatic N) is 3. The lowest BCUT2D eigenvalue weighted by Gasteiger charge is -2.34. The van der Waals surface area contributed by atoms with Gasteiger partial charge in [-0.1, -0.05) is 54.1 Å². The molecular weight excluding hydrogens is 428 g/mol. The fourth-order valence-electron chi connectivity index (χ4n) is 3.50. The van der Waals surface area contributed by atoms with Crippen molar-refractivity contribution in [1.29, 1.82) is 0 Å². The highest BCUT2D eigenvalue weighted by Crippen LogP contribution is 2.19. The molecule has 160 valence electrons. The van der Waals surface area contributed by atoms with E-state index in [-0.39, 0.29) is 5.91 Å². The van der Waals surface area contributed by atoms with Crippen LogP contribution in [0, 0.1) is 0 Å². The summed E-state index contributed by atoms with van der Waals surface area (Å²) in [7, 11) is 0. The van der Waals surface area contributed by atoms with Crippen molar-refractivity contribution in [2.24, 2.45) is 0 Å². The van der Waals surface area contributed by atoms with Gasteiger partial charge < -0.3 is 10.2 Å². The van der Waals surface area contributed by atoms with Crippen molar-refractivity contribution in [1.82, 2.24) is 14.8 Å². The van der Waals surface area contributed by atoms with Crippen molar-refractivity contribution >= 4 is 40.6 Å². The van der Waals surface area contributed by atoms with E-state index in [1.807, 2.05) is 47.4 Å². The van der Waals surface area contributed by atoms with Gasteiger partial charge in [0.2, 0.25) is 0 Å². The molecule has 0 unspecified atom stereocenters. The molecule has 1 aliphatic rings. The smallest absolute Gasteiger partial charge is 0.253 e. The maximum Gasteiger partial charge on any atom is 0.253 e. The molecule has 31 heavy (non-hydrogen) atoms. The number of hydrogen-bond donors (Lipinski definition) is 1. The summed E-state index contributed by atoms with van der Waals surface area (Å²) >= 11 is 7.32. The van der Waals surface area contributed by atoms with Crippen LogP contribution < -0.4 is 5.32 Å². The number of benzene rings is 2. The van der Waals surface area contributed by atoms with E-state index in [0.717, 1.165) is 48.9 Å². The molecule has 0 aliphatic carbocycles. The minimum atomic E-state index is 0.0975. The summed E-state index contributed by atoms with van der Waals surface area (Å²) in [6.45, 7) is 4.86. The van der Waals surface area contributed by atoms with Crippen molar-refractivity contribution in [2.45, 2.75) is 6.54 Å². The number of carbonyl (C=O) groups excluding carboxylic acids is 1. The van der Waals surface area contributed by atoms with Crippen molar-refractivity contribution in [3.8, 4) is 0 Å². The second-order valence-corrected chi connectivity index (χ2v) is 9.11. The van der Waals surface area contributed by atoms with Crippen LogP contribution in [0.25, 0.3) is 6.08 Å². The number of carbonyl (C=O) groups is 1. The van der Waals surface area contributed by atoms with Gasteiger partial charge in [0.15, 0.2) is 4.47 Å². The largest absolute Gasteiger partial charge is 0.380 e. The summed E-state index contributed by atoms with van der Waals surface area (Å²) in [6, 6.07) is 18.0. The molecule has 3 aromatic rings. The second kappa shape index (κ2) is 10.6. The molecule has 5 nitrogen and oxygen atoms in total. The molecule has 1 saturated heterocycles. The molecule has 7 heteroatoms. The standard InChI is InChI=1S/C24H25ClN4OS/c25-24-27-18-22(31-24)17-26-21-10-8-20(9-11-21)23(30)29-15-13-28(14-16-29)12-4-7-19-5-2-1-3-6-19/h1-11,18,26H,12-17H2. The number of aromatic nitrogens is 1. The van der Waals surface area contributed by atoms with Gasteiger partial charge in [-0.15, -0.1) is 11.3 Å². The summed E-state index contributed by atoms with van der Waals surface area (Å²) in [5.41, 5.74) is 2.91. The minimum absolute atomic E-state index is 0.0975. The number of piperazine rings is 1. The summed E-state index contributed by atoms with van der Waals surface area (Å²) in [4.78, 5) is 22.3. The molecule has 0 spiro atoms. The Bertz CT molecular complexity index is 1010. The lowest BCUT2D eigenvalue weighted by Crippen LogP contribution is -2.48. The molecule has 4 rings (SSSR count). The van der Waals surface area contributed by atoms with Crippen LogP contribution in [0.2, 0.25) is 4.47 Å². The summed E-state index contributed by atoms with van der Waals surface area (Å²) in [5, 5.41) is 3.33. The Morgan fingerprint density at radius 1 is 1.06 bits per heavy atom. The van der Waals surface area contributed by atoms with E-state index in [1.165, 1.54) is 16.9 Å².